The maximum atomic E-state index is 12.2. The molecule has 0 radical (unpaired) electrons. The molecule has 0 bridgehead atoms. The summed E-state index contributed by atoms with van der Waals surface area (Å²) in [5, 5.41) is 4.97. The molecule has 3 aromatic rings. The quantitative estimate of drug-likeness (QED) is 0.638. The van der Waals surface area contributed by atoms with Gasteiger partial charge in [0.1, 0.15) is 4.88 Å². The molecule has 1 atom stereocenters. The number of hydrogen-bond donors (Lipinski definition) is 1. The van der Waals surface area contributed by atoms with E-state index in [9.17, 15) is 9.59 Å². The van der Waals surface area contributed by atoms with Crippen LogP contribution in [-0.4, -0.2) is 23.0 Å². The molecule has 0 fully saturated rings. The van der Waals surface area contributed by atoms with Gasteiger partial charge in [0.15, 0.2) is 11.2 Å². The monoisotopic (exact) mass is 392 g/mol. The number of benzene rings is 1. The van der Waals surface area contributed by atoms with Crippen LogP contribution in [0.4, 0.5) is 5.13 Å². The van der Waals surface area contributed by atoms with Crippen molar-refractivity contribution in [1.82, 2.24) is 4.98 Å². The summed E-state index contributed by atoms with van der Waals surface area (Å²) in [4.78, 5) is 28.9. The third-order valence-electron chi connectivity index (χ3n) is 3.23. The number of amides is 1. The average Bonchev–Trinajstić information content (AvgIpc) is 3.24. The highest BCUT2D eigenvalue weighted by Gasteiger charge is 2.21. The van der Waals surface area contributed by atoms with Crippen LogP contribution in [0.3, 0.4) is 0 Å². The van der Waals surface area contributed by atoms with Crippen molar-refractivity contribution < 1.29 is 14.3 Å². The van der Waals surface area contributed by atoms with E-state index in [4.69, 9.17) is 16.3 Å². The highest BCUT2D eigenvalue weighted by Crippen LogP contribution is 2.25. The van der Waals surface area contributed by atoms with Crippen molar-refractivity contribution in [1.29, 1.82) is 0 Å². The molecule has 0 spiro atoms. The first-order valence-corrected chi connectivity index (χ1v) is 9.38. The van der Waals surface area contributed by atoms with E-state index in [0.717, 1.165) is 22.6 Å². The largest absolute Gasteiger partial charge is 0.448 e. The van der Waals surface area contributed by atoms with E-state index >= 15 is 0 Å². The van der Waals surface area contributed by atoms with Crippen LogP contribution < -0.4 is 5.32 Å². The first kappa shape index (κ1) is 17.6. The molecule has 0 saturated carbocycles. The lowest BCUT2D eigenvalue weighted by atomic mass is 10.2. The van der Waals surface area contributed by atoms with Crippen LogP contribution in [0.25, 0.3) is 11.3 Å². The Morgan fingerprint density at radius 2 is 1.96 bits per heavy atom. The van der Waals surface area contributed by atoms with E-state index in [1.54, 1.807) is 12.1 Å². The minimum absolute atomic E-state index is 0.352. The Bertz CT molecular complexity index is 892. The highest BCUT2D eigenvalue weighted by molar-refractivity contribution is 7.17. The number of nitrogens with one attached hydrogen (secondary N) is 1. The highest BCUT2D eigenvalue weighted by atomic mass is 35.5. The summed E-state index contributed by atoms with van der Waals surface area (Å²) < 4.78 is 5.64. The number of hydrogen-bond acceptors (Lipinski definition) is 6. The molecule has 1 aromatic carbocycles. The Kier molecular flexibility index (Phi) is 5.47. The molecular formula is C17H13ClN2O3S2. The van der Waals surface area contributed by atoms with Crippen molar-refractivity contribution >= 4 is 51.3 Å². The summed E-state index contributed by atoms with van der Waals surface area (Å²) in [7, 11) is 0. The maximum Gasteiger partial charge on any atom is 0.349 e. The summed E-state index contributed by atoms with van der Waals surface area (Å²) in [5.74, 6) is -1.02. The van der Waals surface area contributed by atoms with Crippen molar-refractivity contribution in [3.05, 3.63) is 57.1 Å². The fourth-order valence-electron chi connectivity index (χ4n) is 1.98. The molecule has 128 valence electrons. The number of aromatic nitrogens is 1. The van der Waals surface area contributed by atoms with Gasteiger partial charge in [-0.1, -0.05) is 41.9 Å². The van der Waals surface area contributed by atoms with Crippen LogP contribution >= 0.6 is 34.3 Å². The standard InChI is InChI=1S/C17H13ClN2O3S2/c1-10(23-16(22)13-7-8-14(18)25-13)15(21)20-17-19-12(9-24-17)11-5-3-2-4-6-11/h2-10H,1H3,(H,19,20,21)/t10-/m1/s1. The lowest BCUT2D eigenvalue weighted by Gasteiger charge is -2.11. The van der Waals surface area contributed by atoms with Crippen molar-refractivity contribution in [2.75, 3.05) is 5.32 Å². The van der Waals surface area contributed by atoms with Crippen LogP contribution in [-0.2, 0) is 9.53 Å². The fraction of sp³-hybridized carbons (Fsp3) is 0.118. The molecule has 1 amide bonds. The van der Waals surface area contributed by atoms with Gasteiger partial charge in [-0.15, -0.1) is 22.7 Å². The van der Waals surface area contributed by atoms with E-state index in [0.29, 0.717) is 14.3 Å². The van der Waals surface area contributed by atoms with Gasteiger partial charge in [-0.25, -0.2) is 9.78 Å². The van der Waals surface area contributed by atoms with Crippen LogP contribution in [0.5, 0.6) is 0 Å². The summed E-state index contributed by atoms with van der Waals surface area (Å²) in [6, 6.07) is 12.8. The number of carbonyl (C=O) groups is 2. The van der Waals surface area contributed by atoms with Crippen molar-refractivity contribution in [3.8, 4) is 11.3 Å². The number of carbonyl (C=O) groups excluding carboxylic acids is 2. The van der Waals surface area contributed by atoms with Gasteiger partial charge >= 0.3 is 5.97 Å². The first-order chi connectivity index (χ1) is 12.0. The van der Waals surface area contributed by atoms with Gasteiger partial charge in [-0.2, -0.15) is 0 Å². The Morgan fingerprint density at radius 1 is 1.20 bits per heavy atom. The first-order valence-electron chi connectivity index (χ1n) is 7.31. The van der Waals surface area contributed by atoms with Crippen LogP contribution in [0, 0.1) is 0 Å². The molecule has 0 aliphatic heterocycles. The maximum absolute atomic E-state index is 12.2. The molecule has 0 aliphatic rings. The summed E-state index contributed by atoms with van der Waals surface area (Å²) in [6.07, 6.45) is -0.947. The zero-order valence-electron chi connectivity index (χ0n) is 13.1. The summed E-state index contributed by atoms with van der Waals surface area (Å²) in [6.45, 7) is 1.51. The number of esters is 1. The predicted molar refractivity (Wildman–Crippen MR) is 100 cm³/mol. The smallest absolute Gasteiger partial charge is 0.349 e. The van der Waals surface area contributed by atoms with Crippen molar-refractivity contribution in [2.24, 2.45) is 0 Å². The van der Waals surface area contributed by atoms with Gasteiger partial charge in [0.05, 0.1) is 10.0 Å². The second-order valence-electron chi connectivity index (χ2n) is 5.04. The molecule has 3 rings (SSSR count). The summed E-state index contributed by atoms with van der Waals surface area (Å²) >= 11 is 8.20. The van der Waals surface area contributed by atoms with Crippen LogP contribution in [0.15, 0.2) is 47.8 Å². The van der Waals surface area contributed by atoms with E-state index in [1.165, 1.54) is 18.3 Å². The number of anilines is 1. The van der Waals surface area contributed by atoms with Crippen LogP contribution in [0.1, 0.15) is 16.6 Å². The van der Waals surface area contributed by atoms with E-state index in [1.807, 2.05) is 35.7 Å². The second kappa shape index (κ2) is 7.77. The lowest BCUT2D eigenvalue weighted by Crippen LogP contribution is -2.29. The normalized spacial score (nSPS) is 11.8. The third-order valence-corrected chi connectivity index (χ3v) is 5.20. The summed E-state index contributed by atoms with van der Waals surface area (Å²) in [5.41, 5.74) is 1.74. The Balaban J connectivity index is 1.60. The van der Waals surface area contributed by atoms with Crippen molar-refractivity contribution in [2.45, 2.75) is 13.0 Å². The molecule has 0 aliphatic carbocycles. The topological polar surface area (TPSA) is 68.3 Å². The van der Waals surface area contributed by atoms with Gasteiger partial charge in [0.25, 0.3) is 5.91 Å². The number of nitrogens with zero attached hydrogens (tertiary/aromatic N) is 1. The molecule has 0 unspecified atom stereocenters. The SMILES string of the molecule is C[C@@H](OC(=O)c1ccc(Cl)s1)C(=O)Nc1nc(-c2ccccc2)cs1. The fourth-order valence-corrected chi connectivity index (χ4v) is 3.62. The number of ether oxygens (including phenoxy) is 1. The molecule has 25 heavy (non-hydrogen) atoms. The van der Waals surface area contributed by atoms with Gasteiger partial charge in [-0.3, -0.25) is 10.1 Å². The number of thiophene rings is 1. The minimum atomic E-state index is -0.947. The van der Waals surface area contributed by atoms with E-state index < -0.39 is 18.0 Å². The third kappa shape index (κ3) is 4.45. The Morgan fingerprint density at radius 3 is 2.64 bits per heavy atom. The number of halogens is 1. The number of rotatable bonds is 5. The molecule has 2 heterocycles. The Hall–Kier alpha value is -2.22. The zero-order chi connectivity index (χ0) is 17.8. The van der Waals surface area contributed by atoms with E-state index in [-0.39, 0.29) is 0 Å². The van der Waals surface area contributed by atoms with Gasteiger partial charge in [0.2, 0.25) is 0 Å². The Labute approximate surface area is 157 Å². The van der Waals surface area contributed by atoms with Gasteiger partial charge in [-0.05, 0) is 19.1 Å². The lowest BCUT2D eigenvalue weighted by molar-refractivity contribution is -0.123. The molecule has 5 nitrogen and oxygen atoms in total. The predicted octanol–water partition coefficient (Wildman–Crippen LogP) is 4.71. The van der Waals surface area contributed by atoms with E-state index in [2.05, 4.69) is 10.3 Å². The molecule has 1 N–H and O–H groups in total. The van der Waals surface area contributed by atoms with Crippen molar-refractivity contribution in [3.63, 3.8) is 0 Å². The molecule has 0 saturated heterocycles. The molecule has 8 heteroatoms. The zero-order valence-corrected chi connectivity index (χ0v) is 15.5. The molecule has 2 aromatic heterocycles. The minimum Gasteiger partial charge on any atom is -0.448 e. The second-order valence-corrected chi connectivity index (χ2v) is 7.62. The van der Waals surface area contributed by atoms with Gasteiger partial charge in [0, 0.05) is 10.9 Å². The van der Waals surface area contributed by atoms with Crippen LogP contribution in [0.2, 0.25) is 4.34 Å². The van der Waals surface area contributed by atoms with Gasteiger partial charge < -0.3 is 4.74 Å². The average molecular weight is 393 g/mol. The number of thiazole rings is 1. The molecular weight excluding hydrogens is 380 g/mol.